The zero-order chi connectivity index (χ0) is 15.8. The van der Waals surface area contributed by atoms with E-state index in [4.69, 9.17) is 4.74 Å². The minimum atomic E-state index is -0.501. The number of carbonyl (C=O) groups is 1. The van der Waals surface area contributed by atoms with E-state index in [0.29, 0.717) is 36.7 Å². The maximum Gasteiger partial charge on any atom is 0.306 e. The van der Waals surface area contributed by atoms with Gasteiger partial charge >= 0.3 is 5.97 Å². The molecule has 0 aromatic carbocycles. The molecule has 4 fully saturated rings. The minimum Gasteiger partial charge on any atom is -0.465 e. The molecule has 0 bridgehead atoms. The van der Waals surface area contributed by atoms with Gasteiger partial charge in [-0.2, -0.15) is 0 Å². The molecule has 1 N–H and O–H groups in total. The second-order valence-corrected chi connectivity index (χ2v) is 9.29. The molecule has 0 amide bonds. The molecule has 124 valence electrons. The Hall–Kier alpha value is -0.570. The maximum atomic E-state index is 11.7. The fourth-order valence-corrected chi connectivity index (χ4v) is 6.83. The van der Waals surface area contributed by atoms with Crippen molar-refractivity contribution in [3.05, 3.63) is 0 Å². The number of ether oxygens (including phenoxy) is 1. The zero-order valence-electron chi connectivity index (χ0n) is 14.2. The van der Waals surface area contributed by atoms with Gasteiger partial charge in [-0.15, -0.1) is 0 Å². The molecular formula is C19H30O3. The van der Waals surface area contributed by atoms with E-state index in [-0.39, 0.29) is 16.8 Å². The maximum absolute atomic E-state index is 11.7. The van der Waals surface area contributed by atoms with Gasteiger partial charge in [-0.1, -0.05) is 13.8 Å². The van der Waals surface area contributed by atoms with Gasteiger partial charge in [0.2, 0.25) is 0 Å². The summed E-state index contributed by atoms with van der Waals surface area (Å²) in [7, 11) is 0. The van der Waals surface area contributed by atoms with Gasteiger partial charge in [0.15, 0.2) is 0 Å². The van der Waals surface area contributed by atoms with Gasteiger partial charge in [0.05, 0.1) is 12.2 Å². The molecule has 4 unspecified atom stereocenters. The summed E-state index contributed by atoms with van der Waals surface area (Å²) in [5.74, 6) is 2.56. The number of rotatable bonds is 0. The Labute approximate surface area is 133 Å². The Morgan fingerprint density at radius 2 is 1.77 bits per heavy atom. The van der Waals surface area contributed by atoms with Crippen LogP contribution in [0.2, 0.25) is 0 Å². The van der Waals surface area contributed by atoms with Crippen LogP contribution in [0.5, 0.6) is 0 Å². The van der Waals surface area contributed by atoms with Gasteiger partial charge in [0.25, 0.3) is 0 Å². The molecule has 4 rings (SSSR count). The molecule has 1 heterocycles. The molecule has 1 aliphatic heterocycles. The smallest absolute Gasteiger partial charge is 0.306 e. The number of cyclic esters (lactones) is 1. The lowest BCUT2D eigenvalue weighted by atomic mass is 9.46. The molecule has 22 heavy (non-hydrogen) atoms. The molecule has 3 saturated carbocycles. The van der Waals surface area contributed by atoms with E-state index in [1.54, 1.807) is 0 Å². The summed E-state index contributed by atoms with van der Waals surface area (Å²) in [6, 6.07) is 0. The third-order valence-electron chi connectivity index (χ3n) is 8.58. The summed E-state index contributed by atoms with van der Waals surface area (Å²) in [4.78, 5) is 11.7. The van der Waals surface area contributed by atoms with Crippen LogP contribution < -0.4 is 0 Å². The van der Waals surface area contributed by atoms with E-state index in [1.165, 1.54) is 25.7 Å². The van der Waals surface area contributed by atoms with Crippen molar-refractivity contribution >= 4 is 5.97 Å². The number of hydrogen-bond acceptors (Lipinski definition) is 3. The topological polar surface area (TPSA) is 46.5 Å². The highest BCUT2D eigenvalue weighted by molar-refractivity contribution is 5.70. The quantitative estimate of drug-likeness (QED) is 0.696. The first-order valence-electron chi connectivity index (χ1n) is 9.16. The first-order chi connectivity index (χ1) is 10.3. The molecule has 7 atom stereocenters. The molecule has 0 aromatic heterocycles. The van der Waals surface area contributed by atoms with E-state index < -0.39 is 5.60 Å². The SMILES string of the molecule is C[C@]12COC(=O)CC1CCC1C2CC[C@@]2(C)C1CC[C@]2(C)O. The van der Waals surface area contributed by atoms with Gasteiger partial charge in [0, 0.05) is 11.8 Å². The molecule has 0 spiro atoms. The molecule has 0 aromatic rings. The van der Waals surface area contributed by atoms with E-state index in [9.17, 15) is 9.90 Å². The van der Waals surface area contributed by atoms with Crippen LogP contribution in [0.4, 0.5) is 0 Å². The summed E-state index contributed by atoms with van der Waals surface area (Å²) in [6.07, 6.45) is 7.48. The van der Waals surface area contributed by atoms with Gasteiger partial charge in [0.1, 0.15) is 0 Å². The minimum absolute atomic E-state index is 0.00497. The normalized spacial score (nSPS) is 57.5. The van der Waals surface area contributed by atoms with E-state index in [2.05, 4.69) is 20.8 Å². The van der Waals surface area contributed by atoms with Crippen molar-refractivity contribution in [2.24, 2.45) is 34.5 Å². The molecule has 3 aliphatic carbocycles. The Bertz CT molecular complexity index is 499. The lowest BCUT2D eigenvalue weighted by Gasteiger charge is -2.60. The van der Waals surface area contributed by atoms with Crippen LogP contribution in [0.25, 0.3) is 0 Å². The summed E-state index contributed by atoms with van der Waals surface area (Å²) in [6.45, 7) is 7.38. The average molecular weight is 306 g/mol. The third kappa shape index (κ3) is 1.75. The van der Waals surface area contributed by atoms with Crippen LogP contribution in [-0.2, 0) is 9.53 Å². The first kappa shape index (κ1) is 15.0. The predicted octanol–water partition coefficient (Wildman–Crippen LogP) is 3.54. The van der Waals surface area contributed by atoms with E-state index >= 15 is 0 Å². The summed E-state index contributed by atoms with van der Waals surface area (Å²) < 4.78 is 5.49. The lowest BCUT2D eigenvalue weighted by Crippen LogP contribution is -2.57. The first-order valence-corrected chi connectivity index (χ1v) is 9.16. The fourth-order valence-electron chi connectivity index (χ4n) is 6.83. The molecule has 0 radical (unpaired) electrons. The molecule has 3 heteroatoms. The summed E-state index contributed by atoms with van der Waals surface area (Å²) in [5.41, 5.74) is -0.241. The Morgan fingerprint density at radius 3 is 2.55 bits per heavy atom. The van der Waals surface area contributed by atoms with E-state index in [0.717, 1.165) is 12.8 Å². The van der Waals surface area contributed by atoms with Crippen molar-refractivity contribution in [1.29, 1.82) is 0 Å². The average Bonchev–Trinajstić information content (AvgIpc) is 2.70. The molecule has 1 saturated heterocycles. The fraction of sp³-hybridized carbons (Fsp3) is 0.947. The Balaban J connectivity index is 1.65. The highest BCUT2D eigenvalue weighted by atomic mass is 16.5. The largest absolute Gasteiger partial charge is 0.465 e. The standard InChI is InChI=1S/C19H30O3/c1-17-11-22-16(20)10-12(17)4-5-13-14(17)6-8-18(2)15(13)7-9-19(18,3)21/h12-15,21H,4-11H2,1-3H3/t12?,13?,14?,15?,17-,18-,19-/m0/s1. The van der Waals surface area contributed by atoms with Crippen LogP contribution in [0.15, 0.2) is 0 Å². The predicted molar refractivity (Wildman–Crippen MR) is 84.1 cm³/mol. The van der Waals surface area contributed by atoms with Crippen molar-refractivity contribution in [3.63, 3.8) is 0 Å². The number of esters is 1. The Morgan fingerprint density at radius 1 is 1.05 bits per heavy atom. The van der Waals surface area contributed by atoms with Crippen molar-refractivity contribution in [3.8, 4) is 0 Å². The van der Waals surface area contributed by atoms with Gasteiger partial charge in [-0.05, 0) is 74.5 Å². The molecular weight excluding hydrogens is 276 g/mol. The van der Waals surface area contributed by atoms with Crippen molar-refractivity contribution in [1.82, 2.24) is 0 Å². The van der Waals surface area contributed by atoms with Crippen molar-refractivity contribution < 1.29 is 14.6 Å². The molecule has 4 aliphatic rings. The van der Waals surface area contributed by atoms with Crippen molar-refractivity contribution in [2.45, 2.75) is 71.3 Å². The van der Waals surface area contributed by atoms with Crippen LogP contribution in [-0.4, -0.2) is 23.3 Å². The van der Waals surface area contributed by atoms with Gasteiger partial charge < -0.3 is 9.84 Å². The Kier molecular flexibility index (Phi) is 3.06. The lowest BCUT2D eigenvalue weighted by molar-refractivity contribution is -0.186. The highest BCUT2D eigenvalue weighted by Gasteiger charge is 2.63. The third-order valence-corrected chi connectivity index (χ3v) is 8.58. The van der Waals surface area contributed by atoms with Crippen LogP contribution >= 0.6 is 0 Å². The number of carbonyl (C=O) groups excluding carboxylic acids is 1. The van der Waals surface area contributed by atoms with Crippen molar-refractivity contribution in [2.75, 3.05) is 6.61 Å². The van der Waals surface area contributed by atoms with Crippen LogP contribution in [0, 0.1) is 34.5 Å². The van der Waals surface area contributed by atoms with Gasteiger partial charge in [-0.3, -0.25) is 4.79 Å². The number of hydrogen-bond donors (Lipinski definition) is 1. The number of fused-ring (bicyclic) bond motifs is 5. The highest BCUT2D eigenvalue weighted by Crippen LogP contribution is 2.67. The second-order valence-electron chi connectivity index (χ2n) is 9.29. The zero-order valence-corrected chi connectivity index (χ0v) is 14.2. The summed E-state index contributed by atoms with van der Waals surface area (Å²) in [5, 5.41) is 10.9. The second kappa shape index (κ2) is 4.49. The van der Waals surface area contributed by atoms with Crippen LogP contribution in [0.1, 0.15) is 65.7 Å². The van der Waals surface area contributed by atoms with E-state index in [1.807, 2.05) is 0 Å². The van der Waals surface area contributed by atoms with Crippen LogP contribution in [0.3, 0.4) is 0 Å². The molecule has 3 nitrogen and oxygen atoms in total. The summed E-state index contributed by atoms with van der Waals surface area (Å²) >= 11 is 0. The number of aliphatic hydroxyl groups is 1. The van der Waals surface area contributed by atoms with Gasteiger partial charge in [-0.25, -0.2) is 0 Å². The monoisotopic (exact) mass is 306 g/mol.